The second kappa shape index (κ2) is 7.98. The monoisotopic (exact) mass is 434 g/mol. The van der Waals surface area contributed by atoms with E-state index in [0.717, 1.165) is 22.7 Å². The third-order valence-electron chi connectivity index (χ3n) is 6.66. The molecule has 166 valence electrons. The maximum atomic E-state index is 13.4. The van der Waals surface area contributed by atoms with E-state index in [1.807, 2.05) is 60.7 Å². The quantitative estimate of drug-likeness (QED) is 0.677. The van der Waals surface area contributed by atoms with E-state index in [-0.39, 0.29) is 17.9 Å². The molecule has 3 aliphatic rings. The number of carbonyl (C=O) groups is 2. The number of hydrogen-bond donors (Lipinski definition) is 1. The number of nitrogens with zero attached hydrogens (tertiary/aromatic N) is 1. The van der Waals surface area contributed by atoms with Gasteiger partial charge in [-0.3, -0.25) is 9.59 Å². The highest BCUT2D eigenvalue weighted by Crippen LogP contribution is 2.52. The highest BCUT2D eigenvalue weighted by atomic mass is 16.5. The highest BCUT2D eigenvalue weighted by Gasteiger charge is 2.67. The number of carbonyl (C=O) groups excluding carboxylic acids is 2. The average molecular weight is 434 g/mol. The Morgan fingerprint density at radius 2 is 1.75 bits per heavy atom. The maximum Gasteiger partial charge on any atom is 0.234 e. The van der Waals surface area contributed by atoms with Gasteiger partial charge in [0.05, 0.1) is 38.7 Å². The minimum Gasteiger partial charge on any atom is -0.497 e. The van der Waals surface area contributed by atoms with Crippen LogP contribution in [0.2, 0.25) is 0 Å². The Morgan fingerprint density at radius 1 is 1.09 bits per heavy atom. The van der Waals surface area contributed by atoms with Crippen molar-refractivity contribution in [1.82, 2.24) is 5.32 Å². The molecular weight excluding hydrogens is 408 g/mol. The summed E-state index contributed by atoms with van der Waals surface area (Å²) in [6.45, 7) is 0.902. The van der Waals surface area contributed by atoms with Gasteiger partial charge in [-0.15, -0.1) is 0 Å². The minimum atomic E-state index is -0.736. The summed E-state index contributed by atoms with van der Waals surface area (Å²) in [6, 6.07) is 15.1. The summed E-state index contributed by atoms with van der Waals surface area (Å²) < 4.78 is 16.6. The topological polar surface area (TPSA) is 77.1 Å². The number of methoxy groups -OCH3 is 2. The summed E-state index contributed by atoms with van der Waals surface area (Å²) in [4.78, 5) is 28.2. The molecule has 0 aromatic heterocycles. The molecule has 2 aromatic rings. The van der Waals surface area contributed by atoms with Crippen LogP contribution in [0.1, 0.15) is 5.56 Å². The lowest BCUT2D eigenvalue weighted by Gasteiger charge is -2.23. The van der Waals surface area contributed by atoms with Gasteiger partial charge in [-0.2, -0.15) is 0 Å². The molecule has 2 amide bonds. The van der Waals surface area contributed by atoms with Crippen LogP contribution in [0.5, 0.6) is 11.5 Å². The van der Waals surface area contributed by atoms with E-state index < -0.39 is 17.4 Å². The molecule has 32 heavy (non-hydrogen) atoms. The molecule has 2 saturated heterocycles. The molecule has 7 nitrogen and oxygen atoms in total. The number of hydrogen-bond acceptors (Lipinski definition) is 5. The summed E-state index contributed by atoms with van der Waals surface area (Å²) in [7, 11) is 3.24. The van der Waals surface area contributed by atoms with Crippen molar-refractivity contribution in [3.05, 3.63) is 66.2 Å². The Balaban J connectivity index is 1.27. The molecule has 3 heterocycles. The Labute approximate surface area is 186 Å². The summed E-state index contributed by atoms with van der Waals surface area (Å²) in [5, 5.41) is 3.01. The summed E-state index contributed by atoms with van der Waals surface area (Å²) in [6.07, 6.45) is 4.23. The van der Waals surface area contributed by atoms with Gasteiger partial charge in [0, 0.05) is 12.2 Å². The first-order chi connectivity index (χ1) is 15.5. The minimum absolute atomic E-state index is 0.0719. The molecule has 0 saturated carbocycles. The van der Waals surface area contributed by atoms with Crippen molar-refractivity contribution in [2.24, 2.45) is 11.8 Å². The van der Waals surface area contributed by atoms with Crippen molar-refractivity contribution in [2.75, 3.05) is 32.2 Å². The van der Waals surface area contributed by atoms with E-state index in [0.29, 0.717) is 19.5 Å². The van der Waals surface area contributed by atoms with Crippen molar-refractivity contribution in [3.63, 3.8) is 0 Å². The largest absolute Gasteiger partial charge is 0.497 e. The summed E-state index contributed by atoms with van der Waals surface area (Å²) in [5.74, 6) is 0.286. The molecule has 1 N–H and O–H groups in total. The van der Waals surface area contributed by atoms with Crippen LogP contribution < -0.4 is 19.7 Å². The molecule has 0 aliphatic carbocycles. The molecular formula is C25H26N2O5. The normalized spacial score (nSPS) is 27.5. The van der Waals surface area contributed by atoms with E-state index in [1.165, 1.54) is 0 Å². The number of ether oxygens (including phenoxy) is 3. The first-order valence-corrected chi connectivity index (χ1v) is 10.8. The van der Waals surface area contributed by atoms with Gasteiger partial charge in [0.1, 0.15) is 17.1 Å². The third-order valence-corrected chi connectivity index (χ3v) is 6.66. The van der Waals surface area contributed by atoms with Crippen LogP contribution in [0.4, 0.5) is 5.69 Å². The first-order valence-electron chi connectivity index (χ1n) is 10.8. The average Bonchev–Trinajstić information content (AvgIpc) is 3.48. The molecule has 2 bridgehead atoms. The van der Waals surface area contributed by atoms with Crippen LogP contribution in [0.3, 0.4) is 0 Å². The van der Waals surface area contributed by atoms with Crippen LogP contribution in [0.25, 0.3) is 0 Å². The molecule has 2 fully saturated rings. The van der Waals surface area contributed by atoms with E-state index in [4.69, 9.17) is 14.2 Å². The van der Waals surface area contributed by atoms with Crippen molar-refractivity contribution in [3.8, 4) is 11.5 Å². The SMILES string of the molecule is COc1ccc(CCNC(=O)C2C3C(=O)N(c4ccc(OC)cc4)C[C@]34C=C[C@H]2O4)cc1. The Hall–Kier alpha value is -3.32. The number of rotatable bonds is 7. The Kier molecular flexibility index (Phi) is 5.13. The second-order valence-corrected chi connectivity index (χ2v) is 8.41. The van der Waals surface area contributed by atoms with Gasteiger partial charge in [-0.05, 0) is 48.4 Å². The van der Waals surface area contributed by atoms with Gasteiger partial charge < -0.3 is 24.4 Å². The van der Waals surface area contributed by atoms with E-state index in [2.05, 4.69) is 5.32 Å². The van der Waals surface area contributed by atoms with Crippen LogP contribution in [0.15, 0.2) is 60.7 Å². The third kappa shape index (κ3) is 3.33. The van der Waals surface area contributed by atoms with Crippen LogP contribution >= 0.6 is 0 Å². The van der Waals surface area contributed by atoms with Gasteiger partial charge in [0.15, 0.2) is 0 Å². The molecule has 5 rings (SSSR count). The van der Waals surface area contributed by atoms with Gasteiger partial charge in [0.25, 0.3) is 0 Å². The molecule has 2 aromatic carbocycles. The predicted octanol–water partition coefficient (Wildman–Crippen LogP) is 2.35. The number of anilines is 1. The smallest absolute Gasteiger partial charge is 0.234 e. The van der Waals surface area contributed by atoms with Crippen molar-refractivity contribution < 1.29 is 23.8 Å². The number of benzene rings is 2. The zero-order valence-corrected chi connectivity index (χ0v) is 18.1. The molecule has 3 aliphatic heterocycles. The fourth-order valence-corrected chi connectivity index (χ4v) is 5.02. The zero-order chi connectivity index (χ0) is 22.3. The van der Waals surface area contributed by atoms with Gasteiger partial charge in [0.2, 0.25) is 11.8 Å². The van der Waals surface area contributed by atoms with Gasteiger partial charge in [-0.25, -0.2) is 0 Å². The standard InChI is InChI=1S/C25H26N2O5/c1-30-18-7-3-16(4-8-18)12-14-26-23(28)21-20-11-13-25(32-20)15-27(24(29)22(21)25)17-5-9-19(31-2)10-6-17/h3-11,13,20-22H,12,14-15H2,1-2H3,(H,26,28)/t20-,21?,22?,25-/m1/s1. The second-order valence-electron chi connectivity index (χ2n) is 8.41. The molecule has 0 radical (unpaired) electrons. The number of amides is 2. The first kappa shape index (κ1) is 20.6. The van der Waals surface area contributed by atoms with E-state index in [9.17, 15) is 9.59 Å². The van der Waals surface area contributed by atoms with Gasteiger partial charge in [-0.1, -0.05) is 24.3 Å². The van der Waals surface area contributed by atoms with E-state index >= 15 is 0 Å². The lowest BCUT2D eigenvalue weighted by Crippen LogP contribution is -2.44. The predicted molar refractivity (Wildman–Crippen MR) is 119 cm³/mol. The number of fused-ring (bicyclic) bond motifs is 1. The fraction of sp³-hybridized carbons (Fsp3) is 0.360. The van der Waals surface area contributed by atoms with Crippen LogP contribution in [-0.2, 0) is 20.7 Å². The molecule has 2 unspecified atom stereocenters. The zero-order valence-electron chi connectivity index (χ0n) is 18.1. The van der Waals surface area contributed by atoms with E-state index in [1.54, 1.807) is 19.1 Å². The molecule has 7 heteroatoms. The van der Waals surface area contributed by atoms with Crippen LogP contribution in [-0.4, -0.2) is 50.8 Å². The van der Waals surface area contributed by atoms with Gasteiger partial charge >= 0.3 is 0 Å². The lowest BCUT2D eigenvalue weighted by atomic mass is 9.77. The molecule has 4 atom stereocenters. The summed E-state index contributed by atoms with van der Waals surface area (Å²) >= 11 is 0. The van der Waals surface area contributed by atoms with Crippen molar-refractivity contribution in [1.29, 1.82) is 0 Å². The van der Waals surface area contributed by atoms with Crippen molar-refractivity contribution in [2.45, 2.75) is 18.1 Å². The Morgan fingerprint density at radius 3 is 2.41 bits per heavy atom. The lowest BCUT2D eigenvalue weighted by molar-refractivity contribution is -0.131. The number of nitrogens with one attached hydrogen (secondary N) is 1. The van der Waals surface area contributed by atoms with Crippen molar-refractivity contribution >= 4 is 17.5 Å². The maximum absolute atomic E-state index is 13.4. The highest BCUT2D eigenvalue weighted by molar-refractivity contribution is 6.03. The van der Waals surface area contributed by atoms with Crippen LogP contribution in [0, 0.1) is 11.8 Å². The fourth-order valence-electron chi connectivity index (χ4n) is 5.02. The Bertz CT molecular complexity index is 1050. The summed E-state index contributed by atoms with van der Waals surface area (Å²) in [5.41, 5.74) is 1.15. The molecule has 1 spiro atoms.